The second kappa shape index (κ2) is 5.81. The Hall–Kier alpha value is -0.960. The Morgan fingerprint density at radius 1 is 1.20 bits per heavy atom. The summed E-state index contributed by atoms with van der Waals surface area (Å²) in [6, 6.07) is 0.245. The molecule has 0 spiro atoms. The molecule has 0 radical (unpaired) electrons. The molecule has 1 aromatic rings. The molecule has 0 aliphatic heterocycles. The molecule has 3 nitrogen and oxygen atoms in total. The predicted molar refractivity (Wildman–Crippen MR) is 62.8 cm³/mol. The van der Waals surface area contributed by atoms with Crippen LogP contribution in [0.2, 0.25) is 0 Å². The first-order valence-electron chi connectivity index (χ1n) is 5.76. The zero-order valence-corrected chi connectivity index (χ0v) is 9.95. The van der Waals surface area contributed by atoms with Gasteiger partial charge in [-0.2, -0.15) is 0 Å². The first-order valence-corrected chi connectivity index (χ1v) is 5.76. The van der Waals surface area contributed by atoms with E-state index in [2.05, 4.69) is 23.8 Å². The van der Waals surface area contributed by atoms with Crippen LogP contribution in [0.25, 0.3) is 0 Å². The molecule has 2 N–H and O–H groups in total. The van der Waals surface area contributed by atoms with Crippen molar-refractivity contribution < 1.29 is 0 Å². The number of hydrogen-bond acceptors (Lipinski definition) is 3. The fraction of sp³-hybridized carbons (Fsp3) is 0.667. The van der Waals surface area contributed by atoms with Gasteiger partial charge in [0.15, 0.2) is 0 Å². The van der Waals surface area contributed by atoms with Crippen LogP contribution < -0.4 is 5.73 Å². The van der Waals surface area contributed by atoms with Gasteiger partial charge in [0.1, 0.15) is 6.33 Å². The van der Waals surface area contributed by atoms with Crippen LogP contribution in [0.4, 0.5) is 0 Å². The maximum atomic E-state index is 5.76. The summed E-state index contributed by atoms with van der Waals surface area (Å²) in [5, 5.41) is 0. The molecular formula is C12H21N3. The van der Waals surface area contributed by atoms with E-state index in [4.69, 9.17) is 5.73 Å². The lowest BCUT2D eigenvalue weighted by atomic mass is 10.0. The largest absolute Gasteiger partial charge is 0.328 e. The summed E-state index contributed by atoms with van der Waals surface area (Å²) in [6.45, 7) is 6.33. The van der Waals surface area contributed by atoms with Crippen LogP contribution in [0.5, 0.6) is 0 Å². The second-order valence-corrected chi connectivity index (χ2v) is 3.97. The van der Waals surface area contributed by atoms with Gasteiger partial charge in [-0.1, -0.05) is 13.8 Å². The Morgan fingerprint density at radius 2 is 1.87 bits per heavy atom. The highest BCUT2D eigenvalue weighted by Crippen LogP contribution is 2.13. The molecule has 1 atom stereocenters. The first kappa shape index (κ1) is 12.1. The Balaban J connectivity index is 2.86. The molecule has 0 aliphatic rings. The van der Waals surface area contributed by atoms with Crippen molar-refractivity contribution in [3.8, 4) is 0 Å². The van der Waals surface area contributed by atoms with E-state index in [9.17, 15) is 0 Å². The molecule has 0 saturated heterocycles. The number of hydrogen-bond donors (Lipinski definition) is 1. The highest BCUT2D eigenvalue weighted by molar-refractivity contribution is 5.24. The van der Waals surface area contributed by atoms with Crippen molar-refractivity contribution in [2.75, 3.05) is 0 Å². The number of aromatic nitrogens is 2. The summed E-state index contributed by atoms with van der Waals surface area (Å²) in [6.07, 6.45) is 5.63. The zero-order chi connectivity index (χ0) is 11.3. The molecule has 1 heterocycles. The molecule has 0 fully saturated rings. The number of nitrogens with two attached hydrogens (primary N) is 1. The van der Waals surface area contributed by atoms with Crippen molar-refractivity contribution in [2.45, 2.75) is 52.5 Å². The molecule has 84 valence electrons. The Labute approximate surface area is 92.1 Å². The standard InChI is InChI=1S/C12H21N3/c1-4-10-11(5-2)14-8-15-12(10)7-6-9(3)13/h8-9H,4-7,13H2,1-3H3. The Morgan fingerprint density at radius 3 is 2.40 bits per heavy atom. The first-order chi connectivity index (χ1) is 7.19. The minimum absolute atomic E-state index is 0.245. The van der Waals surface area contributed by atoms with E-state index in [0.717, 1.165) is 25.7 Å². The zero-order valence-electron chi connectivity index (χ0n) is 9.95. The second-order valence-electron chi connectivity index (χ2n) is 3.97. The van der Waals surface area contributed by atoms with E-state index < -0.39 is 0 Å². The lowest BCUT2D eigenvalue weighted by Crippen LogP contribution is -2.16. The van der Waals surface area contributed by atoms with Gasteiger partial charge >= 0.3 is 0 Å². The van der Waals surface area contributed by atoms with Crippen LogP contribution in [0.15, 0.2) is 6.33 Å². The van der Waals surface area contributed by atoms with Gasteiger partial charge < -0.3 is 5.73 Å². The van der Waals surface area contributed by atoms with Gasteiger partial charge in [0.2, 0.25) is 0 Å². The van der Waals surface area contributed by atoms with E-state index in [-0.39, 0.29) is 6.04 Å². The van der Waals surface area contributed by atoms with Gasteiger partial charge in [0.05, 0.1) is 0 Å². The van der Waals surface area contributed by atoms with E-state index in [0.29, 0.717) is 0 Å². The summed E-state index contributed by atoms with van der Waals surface area (Å²) >= 11 is 0. The maximum absolute atomic E-state index is 5.76. The van der Waals surface area contributed by atoms with Crippen molar-refractivity contribution in [2.24, 2.45) is 5.73 Å². The van der Waals surface area contributed by atoms with Crippen molar-refractivity contribution in [1.82, 2.24) is 9.97 Å². The Kier molecular flexibility index (Phi) is 4.69. The quantitative estimate of drug-likeness (QED) is 0.802. The van der Waals surface area contributed by atoms with Crippen LogP contribution in [0, 0.1) is 0 Å². The van der Waals surface area contributed by atoms with Crippen molar-refractivity contribution in [3.63, 3.8) is 0 Å². The molecule has 0 saturated carbocycles. The normalized spacial score (nSPS) is 12.8. The number of nitrogens with zero attached hydrogens (tertiary/aromatic N) is 2. The third kappa shape index (κ3) is 3.27. The van der Waals surface area contributed by atoms with E-state index >= 15 is 0 Å². The van der Waals surface area contributed by atoms with Crippen LogP contribution in [-0.4, -0.2) is 16.0 Å². The summed E-state index contributed by atoms with van der Waals surface area (Å²) in [5.74, 6) is 0. The summed E-state index contributed by atoms with van der Waals surface area (Å²) < 4.78 is 0. The molecule has 15 heavy (non-hydrogen) atoms. The lowest BCUT2D eigenvalue weighted by Gasteiger charge is -2.11. The monoisotopic (exact) mass is 207 g/mol. The minimum atomic E-state index is 0.245. The molecule has 0 aliphatic carbocycles. The van der Waals surface area contributed by atoms with Gasteiger partial charge in [0.25, 0.3) is 0 Å². The SMILES string of the molecule is CCc1ncnc(CCC(C)N)c1CC. The molecular weight excluding hydrogens is 186 g/mol. The Bertz CT molecular complexity index is 308. The fourth-order valence-corrected chi connectivity index (χ4v) is 1.78. The maximum Gasteiger partial charge on any atom is 0.115 e. The molecule has 3 heteroatoms. The molecule has 0 amide bonds. The summed E-state index contributed by atoms with van der Waals surface area (Å²) in [7, 11) is 0. The fourth-order valence-electron chi connectivity index (χ4n) is 1.78. The average molecular weight is 207 g/mol. The van der Waals surface area contributed by atoms with Gasteiger partial charge in [-0.15, -0.1) is 0 Å². The third-order valence-corrected chi connectivity index (χ3v) is 2.65. The number of aryl methyl sites for hydroxylation is 2. The van der Waals surface area contributed by atoms with E-state index in [1.165, 1.54) is 17.0 Å². The van der Waals surface area contributed by atoms with Crippen LogP contribution >= 0.6 is 0 Å². The lowest BCUT2D eigenvalue weighted by molar-refractivity contribution is 0.651. The van der Waals surface area contributed by atoms with Gasteiger partial charge in [-0.05, 0) is 38.2 Å². The van der Waals surface area contributed by atoms with E-state index in [1.807, 2.05) is 6.92 Å². The number of rotatable bonds is 5. The average Bonchev–Trinajstić information content (AvgIpc) is 2.25. The van der Waals surface area contributed by atoms with Crippen LogP contribution in [0.3, 0.4) is 0 Å². The highest BCUT2D eigenvalue weighted by Gasteiger charge is 2.08. The smallest absolute Gasteiger partial charge is 0.115 e. The summed E-state index contributed by atoms with van der Waals surface area (Å²) in [4.78, 5) is 8.68. The third-order valence-electron chi connectivity index (χ3n) is 2.65. The molecule has 1 aromatic heterocycles. The molecule has 1 unspecified atom stereocenters. The van der Waals surface area contributed by atoms with Gasteiger partial charge in [-0.25, -0.2) is 9.97 Å². The van der Waals surface area contributed by atoms with Gasteiger partial charge in [-0.3, -0.25) is 0 Å². The van der Waals surface area contributed by atoms with Gasteiger partial charge in [0, 0.05) is 17.4 Å². The molecule has 0 aromatic carbocycles. The topological polar surface area (TPSA) is 51.8 Å². The highest BCUT2D eigenvalue weighted by atomic mass is 14.8. The predicted octanol–water partition coefficient (Wildman–Crippen LogP) is 1.88. The van der Waals surface area contributed by atoms with Crippen molar-refractivity contribution in [1.29, 1.82) is 0 Å². The summed E-state index contributed by atoms with van der Waals surface area (Å²) in [5.41, 5.74) is 9.45. The minimum Gasteiger partial charge on any atom is -0.328 e. The molecule has 1 rings (SSSR count). The van der Waals surface area contributed by atoms with Crippen LogP contribution in [0.1, 0.15) is 44.1 Å². The van der Waals surface area contributed by atoms with Crippen LogP contribution in [-0.2, 0) is 19.3 Å². The van der Waals surface area contributed by atoms with Crippen molar-refractivity contribution >= 4 is 0 Å². The van der Waals surface area contributed by atoms with Crippen molar-refractivity contribution in [3.05, 3.63) is 23.3 Å². The van der Waals surface area contributed by atoms with E-state index in [1.54, 1.807) is 6.33 Å². The molecule has 0 bridgehead atoms.